The molecule has 2 N–H and O–H groups in total. The van der Waals surface area contributed by atoms with E-state index in [1.807, 2.05) is 53.4 Å². The van der Waals surface area contributed by atoms with Crippen molar-refractivity contribution in [1.82, 2.24) is 10.2 Å². The van der Waals surface area contributed by atoms with E-state index < -0.39 is 0 Å². The lowest BCUT2D eigenvalue weighted by molar-refractivity contribution is -0.119. The molecule has 0 aliphatic carbocycles. The summed E-state index contributed by atoms with van der Waals surface area (Å²) in [5, 5.41) is 5.92. The molecule has 0 saturated carbocycles. The van der Waals surface area contributed by atoms with Gasteiger partial charge in [0.2, 0.25) is 5.91 Å². The normalized spacial score (nSPS) is 13.1. The number of amides is 2. The molecule has 0 atom stereocenters. The maximum atomic E-state index is 12.3. The lowest BCUT2D eigenvalue weighted by atomic mass is 10.1. The molecule has 2 aromatic rings. The maximum Gasteiger partial charge on any atom is 0.253 e. The molecule has 138 valence electrons. The molecule has 0 spiro atoms. The molecule has 0 bridgehead atoms. The number of carbonyl (C=O) groups excluding carboxylic acids is 2. The van der Waals surface area contributed by atoms with E-state index in [0.29, 0.717) is 12.1 Å². The predicted molar refractivity (Wildman–Crippen MR) is 106 cm³/mol. The first kappa shape index (κ1) is 18.5. The summed E-state index contributed by atoms with van der Waals surface area (Å²) >= 11 is 0. The van der Waals surface area contributed by atoms with E-state index >= 15 is 0 Å². The fraction of sp³-hybridized carbons (Fsp3) is 0.273. The van der Waals surface area contributed by atoms with Crippen molar-refractivity contribution in [2.24, 2.45) is 0 Å². The number of nitrogens with zero attached hydrogens (tertiary/aromatic N) is 1. The number of benzene rings is 2. The van der Waals surface area contributed by atoms with Crippen LogP contribution in [0.2, 0.25) is 0 Å². The number of hydrogen-bond donors (Lipinski definition) is 2. The van der Waals surface area contributed by atoms with Crippen LogP contribution in [-0.4, -0.2) is 36.3 Å². The van der Waals surface area contributed by atoms with Crippen molar-refractivity contribution < 1.29 is 9.59 Å². The average molecular weight is 361 g/mol. The van der Waals surface area contributed by atoms with E-state index in [9.17, 15) is 9.59 Å². The molecule has 27 heavy (non-hydrogen) atoms. The van der Waals surface area contributed by atoms with E-state index in [4.69, 9.17) is 6.42 Å². The molecule has 1 fully saturated rings. The summed E-state index contributed by atoms with van der Waals surface area (Å²) < 4.78 is 0. The van der Waals surface area contributed by atoms with E-state index in [1.54, 1.807) is 0 Å². The van der Waals surface area contributed by atoms with Crippen molar-refractivity contribution >= 4 is 17.5 Å². The average Bonchev–Trinajstić information content (AvgIpc) is 3.25. The summed E-state index contributed by atoms with van der Waals surface area (Å²) in [6, 6.07) is 14.8. The van der Waals surface area contributed by atoms with Crippen LogP contribution < -0.4 is 10.6 Å². The van der Waals surface area contributed by atoms with E-state index in [2.05, 4.69) is 16.6 Å². The lowest BCUT2D eigenvalue weighted by Gasteiger charge is -2.15. The van der Waals surface area contributed by atoms with Gasteiger partial charge in [-0.1, -0.05) is 24.1 Å². The van der Waals surface area contributed by atoms with Gasteiger partial charge in [0, 0.05) is 36.4 Å². The second kappa shape index (κ2) is 8.91. The van der Waals surface area contributed by atoms with Crippen molar-refractivity contribution in [2.75, 3.05) is 25.0 Å². The molecule has 2 aromatic carbocycles. The number of nitrogens with one attached hydrogen (secondary N) is 2. The first-order valence-electron chi connectivity index (χ1n) is 9.11. The molecular weight excluding hydrogens is 338 g/mol. The molecule has 5 nitrogen and oxygen atoms in total. The summed E-state index contributed by atoms with van der Waals surface area (Å²) in [7, 11) is 0. The monoisotopic (exact) mass is 361 g/mol. The molecular formula is C22H23N3O2. The highest BCUT2D eigenvalue weighted by Gasteiger charge is 2.19. The number of rotatable bonds is 6. The fourth-order valence-electron chi connectivity index (χ4n) is 3.03. The molecule has 1 heterocycles. The van der Waals surface area contributed by atoms with E-state index in [-0.39, 0.29) is 18.4 Å². The van der Waals surface area contributed by atoms with Gasteiger partial charge in [0.15, 0.2) is 0 Å². The second-order valence-corrected chi connectivity index (χ2v) is 6.55. The van der Waals surface area contributed by atoms with Crippen LogP contribution in [-0.2, 0) is 11.3 Å². The fourth-order valence-corrected chi connectivity index (χ4v) is 3.03. The minimum Gasteiger partial charge on any atom is -0.376 e. The number of terminal acetylenes is 1. The zero-order valence-electron chi connectivity index (χ0n) is 15.2. The standard InChI is InChI=1S/C22H23N3O2/c1-2-17-6-5-7-20(14-17)23-16-21(26)24-15-18-8-10-19(11-9-18)22(27)25-12-3-4-13-25/h1,5-11,14,23H,3-4,12-13,15-16H2,(H,24,26). The Labute approximate surface area is 159 Å². The van der Waals surface area contributed by atoms with Gasteiger partial charge in [-0.05, 0) is 48.7 Å². The predicted octanol–water partition coefficient (Wildman–Crippen LogP) is 2.63. The minimum atomic E-state index is -0.113. The van der Waals surface area contributed by atoms with Gasteiger partial charge in [-0.3, -0.25) is 9.59 Å². The van der Waals surface area contributed by atoms with Crippen LogP contribution in [0.5, 0.6) is 0 Å². The van der Waals surface area contributed by atoms with Gasteiger partial charge < -0.3 is 15.5 Å². The van der Waals surface area contributed by atoms with Crippen molar-refractivity contribution in [3.05, 3.63) is 65.2 Å². The minimum absolute atomic E-state index is 0.0847. The summed E-state index contributed by atoms with van der Waals surface area (Å²) in [6.07, 6.45) is 7.53. The van der Waals surface area contributed by atoms with Gasteiger partial charge in [-0.25, -0.2) is 0 Å². The Bertz CT molecular complexity index is 847. The first-order valence-corrected chi connectivity index (χ1v) is 9.11. The van der Waals surface area contributed by atoms with E-state index in [0.717, 1.165) is 42.7 Å². The Hall–Kier alpha value is -3.26. The Kier molecular flexibility index (Phi) is 6.11. The molecule has 0 unspecified atom stereocenters. The highest BCUT2D eigenvalue weighted by molar-refractivity contribution is 5.94. The topological polar surface area (TPSA) is 61.4 Å². The highest BCUT2D eigenvalue weighted by atomic mass is 16.2. The molecule has 2 amide bonds. The smallest absolute Gasteiger partial charge is 0.253 e. The third-order valence-electron chi connectivity index (χ3n) is 4.57. The zero-order valence-corrected chi connectivity index (χ0v) is 15.2. The lowest BCUT2D eigenvalue weighted by Crippen LogP contribution is -2.29. The maximum absolute atomic E-state index is 12.3. The van der Waals surface area contributed by atoms with Gasteiger partial charge in [-0.2, -0.15) is 0 Å². The molecule has 3 rings (SSSR count). The van der Waals surface area contributed by atoms with Crippen molar-refractivity contribution in [2.45, 2.75) is 19.4 Å². The van der Waals surface area contributed by atoms with Crippen LogP contribution in [0.3, 0.4) is 0 Å². The summed E-state index contributed by atoms with van der Waals surface area (Å²) in [4.78, 5) is 26.2. The summed E-state index contributed by atoms with van der Waals surface area (Å²) in [5.74, 6) is 2.54. The Morgan fingerprint density at radius 2 is 1.81 bits per heavy atom. The molecule has 1 saturated heterocycles. The van der Waals surface area contributed by atoms with Crippen LogP contribution in [0.4, 0.5) is 5.69 Å². The molecule has 5 heteroatoms. The molecule has 0 radical (unpaired) electrons. The second-order valence-electron chi connectivity index (χ2n) is 6.55. The quantitative estimate of drug-likeness (QED) is 0.778. The summed E-state index contributed by atoms with van der Waals surface area (Å²) in [6.45, 7) is 2.27. The van der Waals surface area contributed by atoms with Crippen molar-refractivity contribution in [1.29, 1.82) is 0 Å². The van der Waals surface area contributed by atoms with Crippen LogP contribution in [0, 0.1) is 12.3 Å². The zero-order chi connectivity index (χ0) is 19.1. The summed E-state index contributed by atoms with van der Waals surface area (Å²) in [5.41, 5.74) is 3.23. The van der Waals surface area contributed by atoms with Crippen molar-refractivity contribution in [3.63, 3.8) is 0 Å². The third kappa shape index (κ3) is 5.11. The third-order valence-corrected chi connectivity index (χ3v) is 4.57. The molecule has 0 aromatic heterocycles. The van der Waals surface area contributed by atoms with Gasteiger partial charge in [-0.15, -0.1) is 6.42 Å². The number of anilines is 1. The Morgan fingerprint density at radius 1 is 1.07 bits per heavy atom. The van der Waals surface area contributed by atoms with Gasteiger partial charge in [0.1, 0.15) is 0 Å². The van der Waals surface area contributed by atoms with Crippen LogP contribution in [0.25, 0.3) is 0 Å². The number of hydrogen-bond acceptors (Lipinski definition) is 3. The SMILES string of the molecule is C#Cc1cccc(NCC(=O)NCc2ccc(C(=O)N3CCCC3)cc2)c1. The number of likely N-dealkylation sites (tertiary alicyclic amines) is 1. The van der Waals surface area contributed by atoms with Crippen LogP contribution in [0.1, 0.15) is 34.3 Å². The number of carbonyl (C=O) groups is 2. The van der Waals surface area contributed by atoms with Gasteiger partial charge in [0.05, 0.1) is 6.54 Å². The Balaban J connectivity index is 1.45. The largest absolute Gasteiger partial charge is 0.376 e. The van der Waals surface area contributed by atoms with Gasteiger partial charge in [0.25, 0.3) is 5.91 Å². The Morgan fingerprint density at radius 3 is 2.52 bits per heavy atom. The molecule has 1 aliphatic rings. The van der Waals surface area contributed by atoms with Crippen molar-refractivity contribution in [3.8, 4) is 12.3 Å². The first-order chi connectivity index (χ1) is 13.2. The van der Waals surface area contributed by atoms with Crippen LogP contribution in [0.15, 0.2) is 48.5 Å². The molecule has 1 aliphatic heterocycles. The van der Waals surface area contributed by atoms with Gasteiger partial charge >= 0.3 is 0 Å². The highest BCUT2D eigenvalue weighted by Crippen LogP contribution is 2.13. The van der Waals surface area contributed by atoms with E-state index in [1.165, 1.54) is 0 Å². The van der Waals surface area contributed by atoms with Crippen LogP contribution >= 0.6 is 0 Å².